The molecule has 15 heteroatoms. The molecule has 0 saturated carbocycles. The number of aromatic nitrogens is 6. The number of aryl methyl sites for hydroxylation is 1. The van der Waals surface area contributed by atoms with E-state index >= 15 is 4.39 Å². The summed E-state index contributed by atoms with van der Waals surface area (Å²) < 4.78 is 68.0. The summed E-state index contributed by atoms with van der Waals surface area (Å²) in [7, 11) is -5.52. The minimum Gasteiger partial charge on any atom is -0.361 e. The van der Waals surface area contributed by atoms with Gasteiger partial charge < -0.3 is 13.7 Å². The van der Waals surface area contributed by atoms with Crippen molar-refractivity contribution in [2.24, 2.45) is 0 Å². The van der Waals surface area contributed by atoms with Gasteiger partial charge in [-0.05, 0) is 31.2 Å². The average Bonchev–Trinajstić information content (AvgIpc) is 3.55. The Kier molecular flexibility index (Phi) is 8.16. The molecule has 0 aliphatic heterocycles. The number of halogens is 3. The summed E-state index contributed by atoms with van der Waals surface area (Å²) in [5, 5.41) is 0.0930. The van der Waals surface area contributed by atoms with Crippen molar-refractivity contribution < 1.29 is 21.9 Å². The van der Waals surface area contributed by atoms with E-state index < -0.39 is 41.0 Å². The number of nitrogens with zero attached hydrogens (tertiary/aromatic N) is 6. The van der Waals surface area contributed by atoms with Crippen molar-refractivity contribution >= 4 is 40.9 Å². The maximum Gasteiger partial charge on any atom is 0.263 e. The van der Waals surface area contributed by atoms with Crippen LogP contribution >= 0.6 is 11.6 Å². The summed E-state index contributed by atoms with van der Waals surface area (Å²) in [4.78, 5) is 16.9. The first-order chi connectivity index (χ1) is 19.8. The van der Waals surface area contributed by atoms with E-state index in [2.05, 4.69) is 44.3 Å². The number of hydrogen-bond acceptors (Lipinski definition) is 7. The Bertz CT molecular complexity index is 1890. The molecular formula is C27H28ClF2N7O3SSi. The van der Waals surface area contributed by atoms with Gasteiger partial charge in [0.05, 0.1) is 39.4 Å². The van der Waals surface area contributed by atoms with Crippen molar-refractivity contribution in [1.82, 2.24) is 28.9 Å². The standard InChI is InChI=1S/C27H28ClF2N7O3SSi/c1-17-23(11-18(28)12-32-17)41(38,39)35-20-6-5-19(29)24(25(20)30)21-14-37-15-34-26(22(37)13-33-21)27-31-7-8-36(27)16-40-9-10-42(2,3)4/h5-8,11-15,35H,9-10,16H2,1-4H3. The summed E-state index contributed by atoms with van der Waals surface area (Å²) in [5.74, 6) is -1.50. The molecule has 0 amide bonds. The summed E-state index contributed by atoms with van der Waals surface area (Å²) in [6.07, 6.45) is 9.05. The molecular weight excluding hydrogens is 604 g/mol. The van der Waals surface area contributed by atoms with Crippen LogP contribution in [0, 0.1) is 18.6 Å². The Morgan fingerprint density at radius 3 is 2.64 bits per heavy atom. The van der Waals surface area contributed by atoms with Gasteiger partial charge in [0, 0.05) is 39.5 Å². The third-order valence-corrected chi connectivity index (χ3v) is 9.85. The van der Waals surface area contributed by atoms with E-state index in [0.717, 1.165) is 18.2 Å². The molecule has 0 spiro atoms. The Balaban J connectivity index is 1.44. The van der Waals surface area contributed by atoms with Gasteiger partial charge in [0.15, 0.2) is 11.6 Å². The lowest BCUT2D eigenvalue weighted by atomic mass is 10.1. The maximum absolute atomic E-state index is 15.6. The van der Waals surface area contributed by atoms with Crippen molar-refractivity contribution in [1.29, 1.82) is 0 Å². The smallest absolute Gasteiger partial charge is 0.263 e. The third-order valence-electron chi connectivity index (χ3n) is 6.46. The molecule has 4 aromatic heterocycles. The molecule has 0 radical (unpaired) electrons. The molecule has 1 N–H and O–H groups in total. The molecule has 0 unspecified atom stereocenters. The Morgan fingerprint density at radius 1 is 1.10 bits per heavy atom. The van der Waals surface area contributed by atoms with E-state index in [9.17, 15) is 12.8 Å². The van der Waals surface area contributed by atoms with E-state index in [1.165, 1.54) is 37.9 Å². The Labute approximate surface area is 247 Å². The summed E-state index contributed by atoms with van der Waals surface area (Å²) >= 11 is 5.91. The molecule has 0 fully saturated rings. The van der Waals surface area contributed by atoms with Crippen LogP contribution in [0.25, 0.3) is 28.3 Å². The van der Waals surface area contributed by atoms with E-state index in [1.54, 1.807) is 16.8 Å². The van der Waals surface area contributed by atoms with Gasteiger partial charge in [0.1, 0.15) is 29.5 Å². The minimum atomic E-state index is -4.29. The fourth-order valence-electron chi connectivity index (χ4n) is 4.20. The molecule has 0 bridgehead atoms. The van der Waals surface area contributed by atoms with Crippen molar-refractivity contribution in [3.05, 3.63) is 77.9 Å². The lowest BCUT2D eigenvalue weighted by Gasteiger charge is -2.16. The number of nitrogens with one attached hydrogen (secondary N) is 1. The van der Waals surface area contributed by atoms with Crippen LogP contribution in [0.1, 0.15) is 5.69 Å². The van der Waals surface area contributed by atoms with Gasteiger partial charge in [-0.3, -0.25) is 14.7 Å². The molecule has 220 valence electrons. The van der Waals surface area contributed by atoms with Crippen molar-refractivity contribution in [2.75, 3.05) is 11.3 Å². The predicted molar refractivity (Wildman–Crippen MR) is 158 cm³/mol. The van der Waals surface area contributed by atoms with Gasteiger partial charge in [0.25, 0.3) is 10.0 Å². The first-order valence-electron chi connectivity index (χ1n) is 12.9. The number of benzene rings is 1. The zero-order chi connectivity index (χ0) is 30.2. The number of imidazole rings is 2. The Morgan fingerprint density at radius 2 is 1.88 bits per heavy atom. The number of pyridine rings is 1. The molecule has 0 saturated heterocycles. The zero-order valence-electron chi connectivity index (χ0n) is 23.3. The van der Waals surface area contributed by atoms with Crippen LogP contribution in [0.3, 0.4) is 0 Å². The second kappa shape index (κ2) is 11.5. The average molecular weight is 632 g/mol. The number of hydrogen-bond donors (Lipinski definition) is 1. The van der Waals surface area contributed by atoms with Crippen LogP contribution in [-0.2, 0) is 21.5 Å². The van der Waals surface area contributed by atoms with Crippen LogP contribution in [0.15, 0.2) is 60.4 Å². The van der Waals surface area contributed by atoms with Crippen LogP contribution in [0.2, 0.25) is 30.7 Å². The quantitative estimate of drug-likeness (QED) is 0.148. The van der Waals surface area contributed by atoms with Crippen LogP contribution in [0.4, 0.5) is 14.5 Å². The van der Waals surface area contributed by atoms with Gasteiger partial charge >= 0.3 is 0 Å². The number of fused-ring (bicyclic) bond motifs is 1. The monoisotopic (exact) mass is 631 g/mol. The lowest BCUT2D eigenvalue weighted by molar-refractivity contribution is 0.0882. The number of sulfonamides is 1. The van der Waals surface area contributed by atoms with E-state index in [1.807, 2.05) is 4.57 Å². The predicted octanol–water partition coefficient (Wildman–Crippen LogP) is 6.01. The van der Waals surface area contributed by atoms with Crippen molar-refractivity contribution in [3.8, 4) is 22.8 Å². The molecule has 4 heterocycles. The van der Waals surface area contributed by atoms with E-state index in [4.69, 9.17) is 16.3 Å². The zero-order valence-corrected chi connectivity index (χ0v) is 25.8. The fraction of sp³-hybridized carbons (Fsp3) is 0.259. The molecule has 42 heavy (non-hydrogen) atoms. The maximum atomic E-state index is 15.6. The van der Waals surface area contributed by atoms with Gasteiger partial charge in [0.2, 0.25) is 0 Å². The highest BCUT2D eigenvalue weighted by atomic mass is 35.5. The Hall–Kier alpha value is -3.72. The number of rotatable bonds is 10. The summed E-state index contributed by atoms with van der Waals surface area (Å²) in [6, 6.07) is 4.19. The minimum absolute atomic E-state index is 0.0684. The second-order valence-electron chi connectivity index (χ2n) is 10.9. The fourth-order valence-corrected chi connectivity index (χ4v) is 6.46. The first kappa shape index (κ1) is 29.8. The van der Waals surface area contributed by atoms with E-state index in [-0.39, 0.29) is 21.3 Å². The summed E-state index contributed by atoms with van der Waals surface area (Å²) in [6.45, 7) is 9.26. The first-order valence-corrected chi connectivity index (χ1v) is 18.5. The van der Waals surface area contributed by atoms with E-state index in [0.29, 0.717) is 30.4 Å². The van der Waals surface area contributed by atoms with Gasteiger partial charge in [-0.1, -0.05) is 31.2 Å². The summed E-state index contributed by atoms with van der Waals surface area (Å²) in [5.41, 5.74) is 0.189. The molecule has 0 atom stereocenters. The largest absolute Gasteiger partial charge is 0.361 e. The highest BCUT2D eigenvalue weighted by molar-refractivity contribution is 7.92. The van der Waals surface area contributed by atoms with Crippen LogP contribution < -0.4 is 4.72 Å². The van der Waals surface area contributed by atoms with Crippen LogP contribution in [0.5, 0.6) is 0 Å². The topological polar surface area (TPSA) is 116 Å². The van der Waals surface area contributed by atoms with Crippen molar-refractivity contribution in [2.45, 2.75) is 44.2 Å². The molecule has 1 aromatic carbocycles. The highest BCUT2D eigenvalue weighted by Crippen LogP contribution is 2.32. The number of anilines is 1. The molecule has 0 aliphatic rings. The molecule has 0 aliphatic carbocycles. The van der Waals surface area contributed by atoms with Crippen LogP contribution in [-0.4, -0.2) is 52.0 Å². The van der Waals surface area contributed by atoms with Gasteiger partial charge in [-0.15, -0.1) is 0 Å². The normalized spacial score (nSPS) is 12.3. The van der Waals surface area contributed by atoms with Gasteiger partial charge in [-0.2, -0.15) is 0 Å². The lowest BCUT2D eigenvalue weighted by Crippen LogP contribution is -2.22. The highest BCUT2D eigenvalue weighted by Gasteiger charge is 2.24. The molecule has 5 rings (SSSR count). The number of ether oxygens (including phenoxy) is 1. The molecule has 10 nitrogen and oxygen atoms in total. The SMILES string of the molecule is Cc1ncc(Cl)cc1S(=O)(=O)Nc1ccc(F)c(-c2cn3cnc(-c4nccn4COCC[Si](C)(C)C)c3cn2)c1F. The van der Waals surface area contributed by atoms with Crippen molar-refractivity contribution in [3.63, 3.8) is 0 Å². The van der Waals surface area contributed by atoms with Gasteiger partial charge in [-0.25, -0.2) is 27.2 Å². The third kappa shape index (κ3) is 6.21. The molecule has 5 aromatic rings. The second-order valence-corrected chi connectivity index (χ2v) is 18.6.